The molecule has 0 unspecified atom stereocenters. The third kappa shape index (κ3) is 6.28. The van der Waals surface area contributed by atoms with Gasteiger partial charge in [0.1, 0.15) is 5.82 Å². The fourth-order valence-electron chi connectivity index (χ4n) is 3.35. The van der Waals surface area contributed by atoms with Crippen LogP contribution in [0.1, 0.15) is 41.9 Å². The fourth-order valence-corrected chi connectivity index (χ4v) is 4.19. The van der Waals surface area contributed by atoms with Gasteiger partial charge < -0.3 is 10.6 Å². The third-order valence-electron chi connectivity index (χ3n) is 4.72. The minimum atomic E-state index is -3.22. The van der Waals surface area contributed by atoms with Crippen LogP contribution in [0.3, 0.4) is 0 Å². The van der Waals surface area contributed by atoms with Gasteiger partial charge in [-0.3, -0.25) is 9.67 Å². The van der Waals surface area contributed by atoms with Gasteiger partial charge in [-0.05, 0) is 36.1 Å². The summed E-state index contributed by atoms with van der Waals surface area (Å²) < 4.78 is 38.9. The van der Waals surface area contributed by atoms with Crippen molar-refractivity contribution < 1.29 is 12.8 Å². The van der Waals surface area contributed by atoms with Crippen molar-refractivity contribution in [2.24, 2.45) is 12.0 Å². The van der Waals surface area contributed by atoms with E-state index in [1.54, 1.807) is 7.05 Å². The number of guanidine groups is 1. The second kappa shape index (κ2) is 9.87. The van der Waals surface area contributed by atoms with Gasteiger partial charge in [0, 0.05) is 44.7 Å². The van der Waals surface area contributed by atoms with Gasteiger partial charge in [-0.15, -0.1) is 0 Å². The summed E-state index contributed by atoms with van der Waals surface area (Å²) in [5.74, 6) is 0.0104. The van der Waals surface area contributed by atoms with E-state index < -0.39 is 15.7 Å². The molecular weight excluding hydrogens is 393 g/mol. The molecule has 2 rings (SSSR count). The number of halogens is 1. The Bertz CT molecular complexity index is 983. The van der Waals surface area contributed by atoms with E-state index in [1.807, 2.05) is 11.7 Å². The Hall–Kier alpha value is -2.42. The molecule has 2 aromatic rings. The first kappa shape index (κ1) is 22.9. The van der Waals surface area contributed by atoms with E-state index in [4.69, 9.17) is 0 Å². The molecule has 1 heterocycles. The van der Waals surface area contributed by atoms with Crippen LogP contribution in [0, 0.1) is 5.82 Å². The Morgan fingerprint density at radius 1 is 1.17 bits per heavy atom. The minimum absolute atomic E-state index is 0.133. The monoisotopic (exact) mass is 423 g/mol. The molecule has 0 saturated carbocycles. The highest BCUT2D eigenvalue weighted by Gasteiger charge is 2.15. The molecule has 7 nitrogen and oxygen atoms in total. The largest absolute Gasteiger partial charge is 0.352 e. The van der Waals surface area contributed by atoms with E-state index >= 15 is 0 Å². The molecule has 0 bridgehead atoms. The Morgan fingerprint density at radius 3 is 2.45 bits per heavy atom. The van der Waals surface area contributed by atoms with Gasteiger partial charge >= 0.3 is 0 Å². The van der Waals surface area contributed by atoms with Crippen LogP contribution in [0.5, 0.6) is 0 Å². The van der Waals surface area contributed by atoms with Crippen molar-refractivity contribution in [2.75, 3.05) is 13.3 Å². The van der Waals surface area contributed by atoms with Gasteiger partial charge in [-0.1, -0.05) is 19.9 Å². The van der Waals surface area contributed by atoms with Crippen LogP contribution < -0.4 is 10.6 Å². The number of nitrogens with one attached hydrogen (secondary N) is 2. The maximum absolute atomic E-state index is 13.7. The quantitative estimate of drug-likeness (QED) is 0.501. The van der Waals surface area contributed by atoms with Gasteiger partial charge in [-0.2, -0.15) is 5.10 Å². The molecule has 29 heavy (non-hydrogen) atoms. The van der Waals surface area contributed by atoms with Crippen LogP contribution in [0.4, 0.5) is 4.39 Å². The van der Waals surface area contributed by atoms with Gasteiger partial charge in [0.25, 0.3) is 0 Å². The average Bonchev–Trinajstić information content (AvgIpc) is 2.97. The van der Waals surface area contributed by atoms with Crippen molar-refractivity contribution in [1.82, 2.24) is 20.4 Å². The average molecular weight is 424 g/mol. The third-order valence-corrected chi connectivity index (χ3v) is 5.55. The summed E-state index contributed by atoms with van der Waals surface area (Å²) in [6.07, 6.45) is 2.89. The Labute approximate surface area is 172 Å². The normalized spacial score (nSPS) is 12.3. The number of nitrogens with zero attached hydrogens (tertiary/aromatic N) is 3. The SMILES string of the molecule is CCc1nn(C)c(CC)c1CNC(=NC)NCc1cc(F)ccc1CS(C)(=O)=O. The lowest BCUT2D eigenvalue weighted by atomic mass is 10.1. The maximum Gasteiger partial charge on any atom is 0.191 e. The number of rotatable bonds is 8. The van der Waals surface area contributed by atoms with Crippen molar-refractivity contribution in [3.63, 3.8) is 0 Å². The van der Waals surface area contributed by atoms with Gasteiger partial charge in [-0.25, -0.2) is 12.8 Å². The summed E-state index contributed by atoms with van der Waals surface area (Å²) in [5, 5.41) is 11.0. The number of aliphatic imine (C=N–C) groups is 1. The Kier molecular flexibility index (Phi) is 7.78. The van der Waals surface area contributed by atoms with Crippen LogP contribution in [-0.2, 0) is 48.6 Å². The summed E-state index contributed by atoms with van der Waals surface area (Å²) in [4.78, 5) is 4.22. The highest BCUT2D eigenvalue weighted by atomic mass is 32.2. The fraction of sp³-hybridized carbons (Fsp3) is 0.500. The van der Waals surface area contributed by atoms with E-state index in [2.05, 4.69) is 34.6 Å². The summed E-state index contributed by atoms with van der Waals surface area (Å²) in [6.45, 7) is 5.00. The molecule has 0 saturated heterocycles. The standard InChI is InChI=1S/C20H30FN5O2S/c1-6-18-17(19(7-2)26(4)25-18)12-24-20(22-3)23-11-15-10-16(21)9-8-14(15)13-29(5,27)28/h8-10H,6-7,11-13H2,1-5H3,(H2,22,23,24). The summed E-state index contributed by atoms with van der Waals surface area (Å²) in [7, 11) is 0.381. The molecular formula is C20H30FN5O2S. The van der Waals surface area contributed by atoms with Crippen molar-refractivity contribution in [3.05, 3.63) is 52.1 Å². The number of aromatic nitrogens is 2. The number of sulfone groups is 1. The molecule has 2 N–H and O–H groups in total. The van der Waals surface area contributed by atoms with Crippen molar-refractivity contribution in [1.29, 1.82) is 0 Å². The zero-order valence-electron chi connectivity index (χ0n) is 17.7. The molecule has 0 atom stereocenters. The molecule has 0 aliphatic rings. The molecule has 0 spiro atoms. The van der Waals surface area contributed by atoms with Gasteiger partial charge in [0.15, 0.2) is 15.8 Å². The minimum Gasteiger partial charge on any atom is -0.352 e. The van der Waals surface area contributed by atoms with Crippen LogP contribution in [0.2, 0.25) is 0 Å². The number of hydrogen-bond acceptors (Lipinski definition) is 4. The van der Waals surface area contributed by atoms with Crippen LogP contribution >= 0.6 is 0 Å². The van der Waals surface area contributed by atoms with Crippen LogP contribution in [0.15, 0.2) is 23.2 Å². The van der Waals surface area contributed by atoms with Crippen LogP contribution in [-0.4, -0.2) is 37.5 Å². The zero-order valence-corrected chi connectivity index (χ0v) is 18.5. The highest BCUT2D eigenvalue weighted by molar-refractivity contribution is 7.89. The van der Waals surface area contributed by atoms with Crippen molar-refractivity contribution >= 4 is 15.8 Å². The first-order valence-electron chi connectivity index (χ1n) is 9.61. The molecule has 0 aliphatic heterocycles. The second-order valence-corrected chi connectivity index (χ2v) is 9.11. The predicted molar refractivity (Wildman–Crippen MR) is 114 cm³/mol. The summed E-state index contributed by atoms with van der Waals surface area (Å²) >= 11 is 0. The van der Waals surface area contributed by atoms with E-state index in [0.29, 0.717) is 23.6 Å². The number of hydrogen-bond donors (Lipinski definition) is 2. The van der Waals surface area contributed by atoms with Gasteiger partial charge in [0.05, 0.1) is 11.4 Å². The molecule has 9 heteroatoms. The van der Waals surface area contributed by atoms with Crippen LogP contribution in [0.25, 0.3) is 0 Å². The smallest absolute Gasteiger partial charge is 0.191 e. The Morgan fingerprint density at radius 2 is 1.86 bits per heavy atom. The molecule has 1 aromatic heterocycles. The van der Waals surface area contributed by atoms with E-state index in [9.17, 15) is 12.8 Å². The highest BCUT2D eigenvalue weighted by Crippen LogP contribution is 2.16. The summed E-state index contributed by atoms with van der Waals surface area (Å²) in [6, 6.07) is 4.14. The molecule has 0 amide bonds. The maximum atomic E-state index is 13.7. The van der Waals surface area contributed by atoms with Gasteiger partial charge in [0.2, 0.25) is 0 Å². The molecule has 0 fully saturated rings. The van der Waals surface area contributed by atoms with Crippen molar-refractivity contribution in [3.8, 4) is 0 Å². The lowest BCUT2D eigenvalue weighted by molar-refractivity contribution is 0.599. The number of aryl methyl sites for hydroxylation is 2. The lowest BCUT2D eigenvalue weighted by Crippen LogP contribution is -2.37. The first-order chi connectivity index (χ1) is 13.7. The molecule has 160 valence electrons. The molecule has 1 aromatic carbocycles. The van der Waals surface area contributed by atoms with E-state index in [0.717, 1.165) is 24.1 Å². The van der Waals surface area contributed by atoms with E-state index in [1.165, 1.54) is 30.1 Å². The first-order valence-corrected chi connectivity index (χ1v) is 11.7. The molecule has 0 radical (unpaired) electrons. The topological polar surface area (TPSA) is 88.4 Å². The number of benzene rings is 1. The second-order valence-electron chi connectivity index (χ2n) is 6.97. The van der Waals surface area contributed by atoms with E-state index in [-0.39, 0.29) is 12.3 Å². The Balaban J connectivity index is 2.10. The molecule has 0 aliphatic carbocycles. The van der Waals surface area contributed by atoms with Crippen molar-refractivity contribution in [2.45, 2.75) is 45.5 Å². The zero-order chi connectivity index (χ0) is 21.6. The lowest BCUT2D eigenvalue weighted by Gasteiger charge is -2.15. The predicted octanol–water partition coefficient (Wildman–Crippen LogP) is 2.09. The summed E-state index contributed by atoms with van der Waals surface area (Å²) in [5.41, 5.74) is 4.54.